The van der Waals surface area contributed by atoms with Gasteiger partial charge in [-0.1, -0.05) is 62.4 Å². The summed E-state index contributed by atoms with van der Waals surface area (Å²) in [5.74, 6) is -0.0204. The maximum atomic E-state index is 12.9. The lowest BCUT2D eigenvalue weighted by Crippen LogP contribution is -2.47. The van der Waals surface area contributed by atoms with Crippen LogP contribution in [0.25, 0.3) is 0 Å². The molecule has 1 heterocycles. The molecule has 3 aromatic rings. The number of aromatic nitrogens is 2. The van der Waals surface area contributed by atoms with E-state index < -0.39 is 6.04 Å². The second kappa shape index (κ2) is 8.99. The van der Waals surface area contributed by atoms with E-state index in [0.29, 0.717) is 17.9 Å². The average molecular weight is 376 g/mol. The Hall–Kier alpha value is -3.41. The molecular formula is C22H24N4O2. The van der Waals surface area contributed by atoms with E-state index in [1.54, 1.807) is 41.2 Å². The molecule has 3 rings (SSSR count). The normalized spacial score (nSPS) is 11.8. The van der Waals surface area contributed by atoms with Crippen LogP contribution < -0.4 is 10.6 Å². The van der Waals surface area contributed by atoms with Crippen molar-refractivity contribution < 1.29 is 9.59 Å². The topological polar surface area (TPSA) is 76.0 Å². The van der Waals surface area contributed by atoms with Crippen molar-refractivity contribution in [3.05, 3.63) is 84.1 Å². The molecule has 2 aromatic carbocycles. The van der Waals surface area contributed by atoms with Gasteiger partial charge in [-0.3, -0.25) is 9.59 Å². The minimum Gasteiger partial charge on any atom is -0.340 e. The first-order valence-electron chi connectivity index (χ1n) is 9.27. The first kappa shape index (κ1) is 19.4. The molecule has 6 heteroatoms. The van der Waals surface area contributed by atoms with Crippen LogP contribution in [-0.2, 0) is 11.3 Å². The van der Waals surface area contributed by atoms with Gasteiger partial charge in [-0.25, -0.2) is 4.68 Å². The Bertz CT molecular complexity index is 920. The predicted molar refractivity (Wildman–Crippen MR) is 109 cm³/mol. The zero-order valence-corrected chi connectivity index (χ0v) is 16.0. The molecule has 0 bridgehead atoms. The van der Waals surface area contributed by atoms with Gasteiger partial charge >= 0.3 is 0 Å². The maximum absolute atomic E-state index is 12.9. The fourth-order valence-electron chi connectivity index (χ4n) is 2.87. The van der Waals surface area contributed by atoms with Gasteiger partial charge in [0.25, 0.3) is 5.91 Å². The molecule has 0 aliphatic rings. The second-order valence-corrected chi connectivity index (χ2v) is 6.91. The molecule has 1 atom stereocenters. The lowest BCUT2D eigenvalue weighted by Gasteiger charge is -2.22. The molecule has 0 saturated heterocycles. The van der Waals surface area contributed by atoms with E-state index in [-0.39, 0.29) is 17.7 Å². The van der Waals surface area contributed by atoms with Crippen LogP contribution in [-0.4, -0.2) is 27.6 Å². The number of nitrogens with one attached hydrogen (secondary N) is 2. The summed E-state index contributed by atoms with van der Waals surface area (Å²) in [6, 6.07) is 19.9. The fraction of sp³-hybridized carbons (Fsp3) is 0.227. The molecule has 1 aromatic heterocycles. The van der Waals surface area contributed by atoms with Crippen LogP contribution in [0.15, 0.2) is 72.9 Å². The Morgan fingerprint density at radius 2 is 1.61 bits per heavy atom. The zero-order chi connectivity index (χ0) is 19.9. The SMILES string of the molecule is CC(C)[C@H](NC(=O)c1ccccc1)C(=O)Nc1ccnn1Cc1ccccc1. The third-order valence-electron chi connectivity index (χ3n) is 4.41. The van der Waals surface area contributed by atoms with Crippen molar-refractivity contribution in [2.75, 3.05) is 5.32 Å². The van der Waals surface area contributed by atoms with E-state index in [1.165, 1.54) is 0 Å². The number of rotatable bonds is 7. The molecule has 0 fully saturated rings. The van der Waals surface area contributed by atoms with Gasteiger partial charge in [-0.2, -0.15) is 5.10 Å². The van der Waals surface area contributed by atoms with Gasteiger partial charge in [0.05, 0.1) is 12.7 Å². The van der Waals surface area contributed by atoms with Crippen LogP contribution in [0.1, 0.15) is 29.8 Å². The van der Waals surface area contributed by atoms with E-state index in [0.717, 1.165) is 5.56 Å². The summed E-state index contributed by atoms with van der Waals surface area (Å²) < 4.78 is 1.73. The van der Waals surface area contributed by atoms with Crippen LogP contribution in [0, 0.1) is 5.92 Å². The van der Waals surface area contributed by atoms with E-state index in [1.807, 2.05) is 50.2 Å². The van der Waals surface area contributed by atoms with E-state index >= 15 is 0 Å². The van der Waals surface area contributed by atoms with Gasteiger partial charge in [0.1, 0.15) is 11.9 Å². The minimum absolute atomic E-state index is 0.0712. The van der Waals surface area contributed by atoms with Crippen molar-refractivity contribution >= 4 is 17.6 Å². The van der Waals surface area contributed by atoms with Gasteiger partial charge in [-0.05, 0) is 23.6 Å². The maximum Gasteiger partial charge on any atom is 0.251 e. The third kappa shape index (κ3) is 4.85. The Kier molecular flexibility index (Phi) is 6.22. The average Bonchev–Trinajstić information content (AvgIpc) is 3.13. The van der Waals surface area contributed by atoms with E-state index in [9.17, 15) is 9.59 Å². The molecule has 0 aliphatic carbocycles. The Morgan fingerprint density at radius 1 is 0.964 bits per heavy atom. The fourth-order valence-corrected chi connectivity index (χ4v) is 2.87. The monoisotopic (exact) mass is 376 g/mol. The lowest BCUT2D eigenvalue weighted by atomic mass is 10.0. The summed E-state index contributed by atoms with van der Waals surface area (Å²) in [4.78, 5) is 25.3. The number of carbonyl (C=O) groups excluding carboxylic acids is 2. The summed E-state index contributed by atoms with van der Waals surface area (Å²) >= 11 is 0. The van der Waals surface area contributed by atoms with Crippen molar-refractivity contribution in [2.45, 2.75) is 26.4 Å². The van der Waals surface area contributed by atoms with Gasteiger partial charge in [-0.15, -0.1) is 0 Å². The number of hydrogen-bond donors (Lipinski definition) is 2. The molecule has 0 spiro atoms. The van der Waals surface area contributed by atoms with Crippen LogP contribution >= 0.6 is 0 Å². The van der Waals surface area contributed by atoms with Crippen molar-refractivity contribution in [1.82, 2.24) is 15.1 Å². The molecule has 2 amide bonds. The third-order valence-corrected chi connectivity index (χ3v) is 4.41. The second-order valence-electron chi connectivity index (χ2n) is 6.91. The molecule has 6 nitrogen and oxygen atoms in total. The van der Waals surface area contributed by atoms with Gasteiger partial charge in [0.2, 0.25) is 5.91 Å². The van der Waals surface area contributed by atoms with Crippen LogP contribution in [0.3, 0.4) is 0 Å². The van der Waals surface area contributed by atoms with Crippen molar-refractivity contribution in [1.29, 1.82) is 0 Å². The smallest absolute Gasteiger partial charge is 0.251 e. The predicted octanol–water partition coefficient (Wildman–Crippen LogP) is 3.32. The highest BCUT2D eigenvalue weighted by Gasteiger charge is 2.25. The Labute approximate surface area is 164 Å². The van der Waals surface area contributed by atoms with Gasteiger partial charge < -0.3 is 10.6 Å². The number of carbonyl (C=O) groups is 2. The van der Waals surface area contributed by atoms with Gasteiger partial charge in [0.15, 0.2) is 0 Å². The quantitative estimate of drug-likeness (QED) is 0.664. The molecular weight excluding hydrogens is 352 g/mol. The highest BCUT2D eigenvalue weighted by Crippen LogP contribution is 2.13. The number of anilines is 1. The Balaban J connectivity index is 1.70. The number of nitrogens with zero attached hydrogens (tertiary/aromatic N) is 2. The number of benzene rings is 2. The molecule has 0 radical (unpaired) electrons. The summed E-state index contributed by atoms with van der Waals surface area (Å²) in [7, 11) is 0. The summed E-state index contributed by atoms with van der Waals surface area (Å²) in [6.07, 6.45) is 1.64. The molecule has 0 unspecified atom stereocenters. The zero-order valence-electron chi connectivity index (χ0n) is 16.0. The van der Waals surface area contributed by atoms with Crippen molar-refractivity contribution in [2.24, 2.45) is 5.92 Å². The molecule has 144 valence electrons. The first-order valence-corrected chi connectivity index (χ1v) is 9.27. The summed E-state index contributed by atoms with van der Waals surface area (Å²) in [5.41, 5.74) is 1.61. The number of amides is 2. The standard InChI is InChI=1S/C22H24N4O2/c1-16(2)20(25-21(27)18-11-7-4-8-12-18)22(28)24-19-13-14-23-26(19)15-17-9-5-3-6-10-17/h3-14,16,20H,15H2,1-2H3,(H,24,28)(H,25,27)/t20-/m0/s1. The van der Waals surface area contributed by atoms with Crippen LogP contribution in [0.5, 0.6) is 0 Å². The minimum atomic E-state index is -0.659. The van der Waals surface area contributed by atoms with Crippen LogP contribution in [0.4, 0.5) is 5.82 Å². The van der Waals surface area contributed by atoms with Crippen molar-refractivity contribution in [3.63, 3.8) is 0 Å². The number of hydrogen-bond acceptors (Lipinski definition) is 3. The highest BCUT2D eigenvalue weighted by atomic mass is 16.2. The van der Waals surface area contributed by atoms with Crippen LogP contribution in [0.2, 0.25) is 0 Å². The summed E-state index contributed by atoms with van der Waals surface area (Å²) in [5, 5.41) is 10.0. The Morgan fingerprint density at radius 3 is 2.25 bits per heavy atom. The van der Waals surface area contributed by atoms with Gasteiger partial charge in [0, 0.05) is 11.6 Å². The molecule has 2 N–H and O–H groups in total. The largest absolute Gasteiger partial charge is 0.340 e. The van der Waals surface area contributed by atoms with Crippen molar-refractivity contribution in [3.8, 4) is 0 Å². The van der Waals surface area contributed by atoms with E-state index in [2.05, 4.69) is 15.7 Å². The highest BCUT2D eigenvalue weighted by molar-refractivity contribution is 6.01. The molecule has 28 heavy (non-hydrogen) atoms. The first-order chi connectivity index (χ1) is 13.5. The lowest BCUT2D eigenvalue weighted by molar-refractivity contribution is -0.118. The summed E-state index contributed by atoms with van der Waals surface area (Å²) in [6.45, 7) is 4.35. The molecule has 0 saturated carbocycles. The van der Waals surface area contributed by atoms with E-state index in [4.69, 9.17) is 0 Å². The molecule has 0 aliphatic heterocycles.